The predicted octanol–water partition coefficient (Wildman–Crippen LogP) is 4.79. The first-order valence-corrected chi connectivity index (χ1v) is 9.97. The largest absolute Gasteiger partial charge is 0.508 e. The second-order valence-electron chi connectivity index (χ2n) is 8.70. The molecule has 5 rings (SSSR count). The normalized spacial score (nSPS) is 24.5. The zero-order valence-electron chi connectivity index (χ0n) is 16.5. The van der Waals surface area contributed by atoms with Crippen molar-refractivity contribution in [3.63, 3.8) is 0 Å². The van der Waals surface area contributed by atoms with Crippen molar-refractivity contribution in [3.05, 3.63) is 77.0 Å². The lowest BCUT2D eigenvalue weighted by molar-refractivity contribution is -0.0941. The SMILES string of the molecule is CC1=CN=NC1(c1ccccc1F)C1CC2(C1)CN(C(=O)c1cc(O)ccc1F)C2. The average Bonchev–Trinajstić information content (AvgIpc) is 3.03. The number of aromatic hydroxyl groups is 1. The van der Waals surface area contributed by atoms with Crippen molar-refractivity contribution in [1.29, 1.82) is 0 Å². The Balaban J connectivity index is 1.32. The number of likely N-dealkylation sites (tertiary alicyclic amines) is 1. The van der Waals surface area contributed by atoms with Crippen LogP contribution in [0.2, 0.25) is 0 Å². The standard InChI is InChI=1S/C23H21F2N3O2/c1-14-11-26-27-23(14,18-4-2-3-5-20(18)25)15-9-22(10-15)12-28(13-22)21(30)17-8-16(29)6-7-19(17)24/h2-8,11,15,29H,9-10,12-13H2,1H3. The Bertz CT molecular complexity index is 1100. The molecule has 0 radical (unpaired) electrons. The third-order valence-electron chi connectivity index (χ3n) is 6.82. The topological polar surface area (TPSA) is 65.3 Å². The van der Waals surface area contributed by atoms with Crippen LogP contribution in [-0.2, 0) is 5.54 Å². The van der Waals surface area contributed by atoms with Gasteiger partial charge in [0, 0.05) is 24.1 Å². The molecule has 2 fully saturated rings. The molecule has 1 saturated heterocycles. The summed E-state index contributed by atoms with van der Waals surface area (Å²) in [6.45, 7) is 2.97. The van der Waals surface area contributed by atoms with Gasteiger partial charge in [-0.1, -0.05) is 18.2 Å². The number of azo groups is 1. The van der Waals surface area contributed by atoms with Crippen LogP contribution < -0.4 is 0 Å². The van der Waals surface area contributed by atoms with Crippen molar-refractivity contribution < 1.29 is 18.7 Å². The lowest BCUT2D eigenvalue weighted by Gasteiger charge is -2.61. The number of nitrogens with zero attached hydrogens (tertiary/aromatic N) is 3. The van der Waals surface area contributed by atoms with E-state index < -0.39 is 17.3 Å². The van der Waals surface area contributed by atoms with Crippen molar-refractivity contribution in [1.82, 2.24) is 4.90 Å². The highest BCUT2D eigenvalue weighted by Crippen LogP contribution is 2.61. The number of rotatable bonds is 3. The second-order valence-corrected chi connectivity index (χ2v) is 8.70. The maximum atomic E-state index is 14.7. The molecule has 1 amide bonds. The first-order chi connectivity index (χ1) is 14.3. The molecule has 2 aromatic rings. The molecular formula is C23H21F2N3O2. The van der Waals surface area contributed by atoms with Gasteiger partial charge >= 0.3 is 0 Å². The molecule has 1 saturated carbocycles. The smallest absolute Gasteiger partial charge is 0.257 e. The van der Waals surface area contributed by atoms with Crippen LogP contribution in [0.25, 0.3) is 0 Å². The third-order valence-corrected chi connectivity index (χ3v) is 6.82. The van der Waals surface area contributed by atoms with Gasteiger partial charge in [0.25, 0.3) is 5.91 Å². The highest BCUT2D eigenvalue weighted by molar-refractivity contribution is 5.95. The summed E-state index contributed by atoms with van der Waals surface area (Å²) in [5.74, 6) is -1.41. The van der Waals surface area contributed by atoms with Crippen LogP contribution >= 0.6 is 0 Å². The molecule has 1 spiro atoms. The van der Waals surface area contributed by atoms with Crippen molar-refractivity contribution in [3.8, 4) is 5.75 Å². The zero-order chi connectivity index (χ0) is 21.1. The van der Waals surface area contributed by atoms with Gasteiger partial charge in [-0.2, -0.15) is 10.2 Å². The fraction of sp³-hybridized carbons (Fsp3) is 0.348. The van der Waals surface area contributed by atoms with Gasteiger partial charge in [0.15, 0.2) is 0 Å². The van der Waals surface area contributed by atoms with Gasteiger partial charge in [-0.25, -0.2) is 8.78 Å². The summed E-state index contributed by atoms with van der Waals surface area (Å²) < 4.78 is 28.6. The van der Waals surface area contributed by atoms with Crippen molar-refractivity contribution >= 4 is 5.91 Å². The van der Waals surface area contributed by atoms with Crippen molar-refractivity contribution in [2.45, 2.75) is 25.3 Å². The third kappa shape index (κ3) is 2.61. The van der Waals surface area contributed by atoms with Gasteiger partial charge in [0.1, 0.15) is 22.9 Å². The molecule has 1 unspecified atom stereocenters. The molecule has 7 heteroatoms. The molecule has 0 aromatic heterocycles. The lowest BCUT2D eigenvalue weighted by atomic mass is 9.51. The lowest BCUT2D eigenvalue weighted by Crippen LogP contribution is -2.66. The highest BCUT2D eigenvalue weighted by Gasteiger charge is 2.61. The Hall–Kier alpha value is -3.09. The summed E-state index contributed by atoms with van der Waals surface area (Å²) >= 11 is 0. The minimum Gasteiger partial charge on any atom is -0.508 e. The first-order valence-electron chi connectivity index (χ1n) is 9.97. The van der Waals surface area contributed by atoms with Crippen LogP contribution in [0, 0.1) is 23.0 Å². The zero-order valence-corrected chi connectivity index (χ0v) is 16.5. The van der Waals surface area contributed by atoms with Gasteiger partial charge in [-0.3, -0.25) is 4.79 Å². The van der Waals surface area contributed by atoms with E-state index in [0.29, 0.717) is 18.7 Å². The van der Waals surface area contributed by atoms with Gasteiger partial charge in [-0.05, 0) is 55.5 Å². The monoisotopic (exact) mass is 409 g/mol. The second kappa shape index (κ2) is 6.45. The number of carbonyl (C=O) groups is 1. The minimum absolute atomic E-state index is 0.0513. The highest BCUT2D eigenvalue weighted by atomic mass is 19.1. The number of phenolic OH excluding ortho intramolecular Hbond substituents is 1. The summed E-state index contributed by atoms with van der Waals surface area (Å²) in [6, 6.07) is 10.2. The van der Waals surface area contributed by atoms with Crippen LogP contribution in [0.3, 0.4) is 0 Å². The van der Waals surface area contributed by atoms with E-state index in [1.54, 1.807) is 23.2 Å². The van der Waals surface area contributed by atoms with Gasteiger partial charge in [0.05, 0.1) is 11.8 Å². The number of benzene rings is 2. The summed E-state index contributed by atoms with van der Waals surface area (Å²) in [5.41, 5.74) is 0.491. The summed E-state index contributed by atoms with van der Waals surface area (Å²) in [6.07, 6.45) is 3.27. The quantitative estimate of drug-likeness (QED) is 0.792. The molecule has 2 heterocycles. The molecule has 1 aliphatic carbocycles. The predicted molar refractivity (Wildman–Crippen MR) is 106 cm³/mol. The fourth-order valence-corrected chi connectivity index (χ4v) is 5.34. The Morgan fingerprint density at radius 3 is 2.53 bits per heavy atom. The Morgan fingerprint density at radius 1 is 1.13 bits per heavy atom. The maximum absolute atomic E-state index is 14.7. The molecule has 1 N–H and O–H groups in total. The Kier molecular flexibility index (Phi) is 4.07. The summed E-state index contributed by atoms with van der Waals surface area (Å²) in [4.78, 5) is 14.2. The summed E-state index contributed by atoms with van der Waals surface area (Å²) in [5, 5.41) is 18.1. The molecule has 2 aromatic carbocycles. The van der Waals surface area contributed by atoms with Crippen molar-refractivity contribution in [2.24, 2.45) is 21.6 Å². The van der Waals surface area contributed by atoms with Crippen LogP contribution in [0.4, 0.5) is 8.78 Å². The van der Waals surface area contributed by atoms with E-state index in [1.807, 2.05) is 13.0 Å². The van der Waals surface area contributed by atoms with E-state index in [-0.39, 0.29) is 28.5 Å². The molecule has 3 aliphatic rings. The number of amides is 1. The molecular weight excluding hydrogens is 388 g/mol. The van der Waals surface area contributed by atoms with Crippen LogP contribution in [0.15, 0.2) is 64.5 Å². The van der Waals surface area contributed by atoms with E-state index in [4.69, 9.17) is 0 Å². The van der Waals surface area contributed by atoms with Crippen LogP contribution in [-0.4, -0.2) is 29.0 Å². The van der Waals surface area contributed by atoms with E-state index in [1.165, 1.54) is 12.1 Å². The molecule has 30 heavy (non-hydrogen) atoms. The Labute approximate surface area is 172 Å². The van der Waals surface area contributed by atoms with Crippen molar-refractivity contribution in [2.75, 3.05) is 13.1 Å². The van der Waals surface area contributed by atoms with Gasteiger partial charge < -0.3 is 10.0 Å². The molecule has 0 bridgehead atoms. The maximum Gasteiger partial charge on any atom is 0.257 e. The van der Waals surface area contributed by atoms with Gasteiger partial charge in [-0.15, -0.1) is 0 Å². The number of hydrogen-bond acceptors (Lipinski definition) is 4. The fourth-order valence-electron chi connectivity index (χ4n) is 5.34. The van der Waals surface area contributed by atoms with E-state index in [9.17, 15) is 18.7 Å². The first kappa shape index (κ1) is 18.9. The molecule has 1 atom stereocenters. The summed E-state index contributed by atoms with van der Waals surface area (Å²) in [7, 11) is 0. The minimum atomic E-state index is -0.793. The molecule has 5 nitrogen and oxygen atoms in total. The van der Waals surface area contributed by atoms with E-state index >= 15 is 0 Å². The number of phenols is 1. The number of hydrogen-bond donors (Lipinski definition) is 1. The average molecular weight is 409 g/mol. The van der Waals surface area contributed by atoms with Crippen LogP contribution in [0.5, 0.6) is 5.75 Å². The van der Waals surface area contributed by atoms with E-state index in [0.717, 1.165) is 30.5 Å². The molecule has 2 aliphatic heterocycles. The number of carbonyl (C=O) groups excluding carboxylic acids is 1. The van der Waals surface area contributed by atoms with Gasteiger partial charge in [0.2, 0.25) is 0 Å². The molecule has 154 valence electrons. The number of halogens is 2. The Morgan fingerprint density at radius 2 is 1.87 bits per heavy atom. The van der Waals surface area contributed by atoms with Crippen LogP contribution in [0.1, 0.15) is 35.7 Å². The van der Waals surface area contributed by atoms with E-state index in [2.05, 4.69) is 10.2 Å².